The first-order valence-electron chi connectivity index (χ1n) is 12.4. The van der Waals surface area contributed by atoms with Gasteiger partial charge in [0.25, 0.3) is 0 Å². The molecule has 1 amide bonds. The lowest BCUT2D eigenvalue weighted by molar-refractivity contribution is -0.126. The molecule has 1 aliphatic carbocycles. The topological polar surface area (TPSA) is 69.7 Å². The highest BCUT2D eigenvalue weighted by atomic mass is 32.2. The van der Waals surface area contributed by atoms with Gasteiger partial charge in [0, 0.05) is 25.6 Å². The number of nitrogens with zero attached hydrogens (tertiary/aromatic N) is 2. The third-order valence-electron chi connectivity index (χ3n) is 7.40. The number of carbonyl (C=O) groups is 1. The van der Waals surface area contributed by atoms with E-state index >= 15 is 0 Å². The molecule has 1 N–H and O–H groups in total. The van der Waals surface area contributed by atoms with Gasteiger partial charge in [0.15, 0.2) is 0 Å². The minimum atomic E-state index is -3.52. The largest absolute Gasteiger partial charge is 0.354 e. The van der Waals surface area contributed by atoms with Gasteiger partial charge in [-0.1, -0.05) is 37.3 Å². The van der Waals surface area contributed by atoms with E-state index in [0.29, 0.717) is 37.4 Å². The van der Waals surface area contributed by atoms with Crippen molar-refractivity contribution in [2.75, 3.05) is 33.7 Å². The summed E-state index contributed by atoms with van der Waals surface area (Å²) in [5.41, 5.74) is 4.91. The molecule has 2 aromatic rings. The zero-order chi connectivity index (χ0) is 24.3. The average molecular weight is 484 g/mol. The minimum absolute atomic E-state index is 0.0200. The number of benzene rings is 2. The molecule has 1 atom stereocenters. The van der Waals surface area contributed by atoms with Crippen molar-refractivity contribution in [2.45, 2.75) is 56.4 Å². The van der Waals surface area contributed by atoms with Crippen LogP contribution in [0.1, 0.15) is 54.5 Å². The summed E-state index contributed by atoms with van der Waals surface area (Å²) < 4.78 is 27.9. The Morgan fingerprint density at radius 1 is 1.06 bits per heavy atom. The molecule has 1 heterocycles. The van der Waals surface area contributed by atoms with E-state index in [4.69, 9.17) is 0 Å². The molecule has 184 valence electrons. The maximum atomic E-state index is 13.2. The second kappa shape index (κ2) is 10.6. The van der Waals surface area contributed by atoms with Crippen molar-refractivity contribution in [3.63, 3.8) is 0 Å². The molecule has 0 aromatic heterocycles. The third kappa shape index (κ3) is 5.37. The highest BCUT2D eigenvalue weighted by Gasteiger charge is 2.33. The van der Waals surface area contributed by atoms with Crippen molar-refractivity contribution in [1.29, 1.82) is 0 Å². The van der Waals surface area contributed by atoms with Gasteiger partial charge in [-0.05, 0) is 87.0 Å². The Morgan fingerprint density at radius 2 is 1.74 bits per heavy atom. The number of carbonyl (C=O) groups excluding carboxylic acids is 1. The van der Waals surface area contributed by atoms with Crippen molar-refractivity contribution >= 4 is 15.9 Å². The number of amides is 1. The van der Waals surface area contributed by atoms with Crippen LogP contribution in [0.15, 0.2) is 47.4 Å². The molecule has 1 fully saturated rings. The van der Waals surface area contributed by atoms with Gasteiger partial charge in [-0.15, -0.1) is 0 Å². The number of hydrogen-bond acceptors (Lipinski definition) is 4. The van der Waals surface area contributed by atoms with Gasteiger partial charge in [0.2, 0.25) is 15.9 Å². The number of likely N-dealkylation sites (N-methyl/N-ethyl adjacent to an activating group) is 1. The molecule has 7 heteroatoms. The Hall–Kier alpha value is -2.22. The van der Waals surface area contributed by atoms with Gasteiger partial charge in [0.1, 0.15) is 0 Å². The third-order valence-corrected chi connectivity index (χ3v) is 9.29. The van der Waals surface area contributed by atoms with Crippen molar-refractivity contribution in [3.05, 3.63) is 64.7 Å². The SMILES string of the molecule is CCc1ccc([C@@H](CNC(=O)C2CCN(S(=O)(=O)c3ccc4c(c3)CCC4)CC2)N(C)C)cc1. The number of rotatable bonds is 8. The molecule has 4 rings (SSSR count). The maximum Gasteiger partial charge on any atom is 0.243 e. The molecule has 0 unspecified atom stereocenters. The average Bonchev–Trinajstić information content (AvgIpc) is 3.32. The second-order valence-corrected chi connectivity index (χ2v) is 11.7. The van der Waals surface area contributed by atoms with Crippen molar-refractivity contribution in [1.82, 2.24) is 14.5 Å². The molecule has 6 nitrogen and oxygen atoms in total. The molecule has 2 aromatic carbocycles. The van der Waals surface area contributed by atoms with E-state index in [-0.39, 0.29) is 17.9 Å². The molecule has 0 spiro atoms. The number of nitrogens with one attached hydrogen (secondary N) is 1. The van der Waals surface area contributed by atoms with E-state index in [1.165, 1.54) is 16.7 Å². The molecule has 0 saturated carbocycles. The van der Waals surface area contributed by atoms with Crippen LogP contribution in [0, 0.1) is 5.92 Å². The van der Waals surface area contributed by atoms with E-state index in [2.05, 4.69) is 41.4 Å². The summed E-state index contributed by atoms with van der Waals surface area (Å²) in [6.45, 7) is 3.44. The normalized spacial score (nSPS) is 18.1. The van der Waals surface area contributed by atoms with Crippen LogP contribution in [-0.4, -0.2) is 57.3 Å². The number of sulfonamides is 1. The zero-order valence-electron chi connectivity index (χ0n) is 20.6. The predicted octanol–water partition coefficient (Wildman–Crippen LogP) is 3.56. The first kappa shape index (κ1) is 24.9. The Morgan fingerprint density at radius 3 is 2.38 bits per heavy atom. The van der Waals surface area contributed by atoms with Gasteiger partial charge in [-0.3, -0.25) is 4.79 Å². The van der Waals surface area contributed by atoms with E-state index in [9.17, 15) is 13.2 Å². The van der Waals surface area contributed by atoms with Crippen molar-refractivity contribution in [2.24, 2.45) is 5.92 Å². The van der Waals surface area contributed by atoms with Gasteiger partial charge >= 0.3 is 0 Å². The Labute approximate surface area is 204 Å². The van der Waals surface area contributed by atoms with E-state index in [0.717, 1.165) is 31.2 Å². The smallest absolute Gasteiger partial charge is 0.243 e. The van der Waals surface area contributed by atoms with Crippen molar-refractivity contribution < 1.29 is 13.2 Å². The minimum Gasteiger partial charge on any atom is -0.354 e. The van der Waals surface area contributed by atoms with Gasteiger partial charge in [-0.2, -0.15) is 4.31 Å². The Kier molecular flexibility index (Phi) is 7.75. The first-order valence-corrected chi connectivity index (χ1v) is 13.9. The summed E-state index contributed by atoms with van der Waals surface area (Å²) in [6, 6.07) is 14.2. The van der Waals surface area contributed by atoms with Gasteiger partial charge < -0.3 is 10.2 Å². The van der Waals surface area contributed by atoms with Crippen LogP contribution in [0.2, 0.25) is 0 Å². The number of hydrogen-bond donors (Lipinski definition) is 1. The Balaban J connectivity index is 1.33. The lowest BCUT2D eigenvalue weighted by atomic mass is 9.96. The van der Waals surface area contributed by atoms with Crippen LogP contribution in [0.25, 0.3) is 0 Å². The summed E-state index contributed by atoms with van der Waals surface area (Å²) in [5.74, 6) is -0.136. The van der Waals surface area contributed by atoms with Crippen LogP contribution in [0.3, 0.4) is 0 Å². The summed E-state index contributed by atoms with van der Waals surface area (Å²) in [7, 11) is 0.525. The molecule has 2 aliphatic rings. The summed E-state index contributed by atoms with van der Waals surface area (Å²) in [6.07, 6.45) is 5.19. The molecule has 1 aliphatic heterocycles. The predicted molar refractivity (Wildman–Crippen MR) is 135 cm³/mol. The number of piperidine rings is 1. The maximum absolute atomic E-state index is 13.2. The number of fused-ring (bicyclic) bond motifs is 1. The monoisotopic (exact) mass is 483 g/mol. The van der Waals surface area contributed by atoms with Crippen molar-refractivity contribution in [3.8, 4) is 0 Å². The Bertz CT molecular complexity index is 1100. The quantitative estimate of drug-likeness (QED) is 0.623. The van der Waals surface area contributed by atoms with Crippen LogP contribution < -0.4 is 5.32 Å². The summed E-state index contributed by atoms with van der Waals surface area (Å²) in [4.78, 5) is 15.4. The molecule has 34 heavy (non-hydrogen) atoms. The van der Waals surface area contributed by atoms with Crippen LogP contribution in [0.4, 0.5) is 0 Å². The van der Waals surface area contributed by atoms with Crippen LogP contribution >= 0.6 is 0 Å². The molecule has 0 bridgehead atoms. The number of aryl methyl sites for hydroxylation is 3. The lowest BCUT2D eigenvalue weighted by Gasteiger charge is -2.31. The zero-order valence-corrected chi connectivity index (χ0v) is 21.4. The fraction of sp³-hybridized carbons (Fsp3) is 0.519. The highest BCUT2D eigenvalue weighted by Crippen LogP contribution is 2.29. The summed E-state index contributed by atoms with van der Waals surface area (Å²) >= 11 is 0. The van der Waals surface area contributed by atoms with Crippen LogP contribution in [0.5, 0.6) is 0 Å². The molecular weight excluding hydrogens is 446 g/mol. The van der Waals surface area contributed by atoms with E-state index in [1.807, 2.05) is 26.2 Å². The van der Waals surface area contributed by atoms with E-state index in [1.54, 1.807) is 10.4 Å². The van der Waals surface area contributed by atoms with Crippen LogP contribution in [-0.2, 0) is 34.1 Å². The van der Waals surface area contributed by atoms with E-state index < -0.39 is 10.0 Å². The second-order valence-electron chi connectivity index (χ2n) is 9.78. The standard InChI is InChI=1S/C27H37N3O3S/c1-4-20-8-10-22(11-9-20)26(29(2)3)19-28-27(31)23-14-16-30(17-15-23)34(32,33)25-13-12-21-6-5-7-24(21)18-25/h8-13,18,23,26H,4-7,14-17,19H2,1-3H3,(H,28,31)/t26-/m1/s1. The first-order chi connectivity index (χ1) is 16.3. The molecule has 1 saturated heterocycles. The molecule has 0 radical (unpaired) electrons. The fourth-order valence-corrected chi connectivity index (χ4v) is 6.65. The highest BCUT2D eigenvalue weighted by molar-refractivity contribution is 7.89. The molecular formula is C27H37N3O3S. The lowest BCUT2D eigenvalue weighted by Crippen LogP contribution is -2.44. The summed E-state index contributed by atoms with van der Waals surface area (Å²) in [5, 5.41) is 3.13. The fourth-order valence-electron chi connectivity index (χ4n) is 5.13. The van der Waals surface area contributed by atoms with Gasteiger partial charge in [-0.25, -0.2) is 8.42 Å². The van der Waals surface area contributed by atoms with Gasteiger partial charge in [0.05, 0.1) is 10.9 Å².